The Hall–Kier alpha value is -2.70. The van der Waals surface area contributed by atoms with Crippen molar-refractivity contribution < 1.29 is 32.5 Å². The number of fused-ring (bicyclic) bond motifs is 2. The van der Waals surface area contributed by atoms with Gasteiger partial charge in [0.25, 0.3) is 0 Å². The van der Waals surface area contributed by atoms with Gasteiger partial charge >= 0.3 is 12.1 Å². The number of aliphatic carboxylic acids is 1. The summed E-state index contributed by atoms with van der Waals surface area (Å²) in [5, 5.41) is 8.96. The number of hydrogen-bond donors (Lipinski definition) is 1. The van der Waals surface area contributed by atoms with Crippen LogP contribution in [-0.2, 0) is 17.4 Å². The molecule has 4 rings (SSSR count). The fourth-order valence-electron chi connectivity index (χ4n) is 3.74. The van der Waals surface area contributed by atoms with E-state index in [0.29, 0.717) is 36.5 Å². The van der Waals surface area contributed by atoms with Gasteiger partial charge in [0, 0.05) is 17.5 Å². The van der Waals surface area contributed by atoms with Crippen molar-refractivity contribution in [2.45, 2.75) is 37.5 Å². The third-order valence-corrected chi connectivity index (χ3v) is 5.06. The van der Waals surface area contributed by atoms with Crippen LogP contribution in [0.3, 0.4) is 0 Å². The highest BCUT2D eigenvalue weighted by Gasteiger charge is 2.34. The normalized spacial score (nSPS) is 20.7. The molecular weight excluding hydrogens is 361 g/mol. The molecule has 0 bridgehead atoms. The maximum atomic E-state index is 13.0. The molecule has 1 aliphatic carbocycles. The Kier molecular flexibility index (Phi) is 4.25. The maximum Gasteiger partial charge on any atom is 0.416 e. The van der Waals surface area contributed by atoms with Crippen molar-refractivity contribution in [3.8, 4) is 11.5 Å². The number of rotatable bonds is 4. The Balaban J connectivity index is 1.55. The molecule has 1 heterocycles. The molecule has 2 aromatic carbocycles. The van der Waals surface area contributed by atoms with E-state index in [-0.39, 0.29) is 12.3 Å². The summed E-state index contributed by atoms with van der Waals surface area (Å²) in [5.74, 6) is -0.0195. The molecule has 7 heteroatoms. The van der Waals surface area contributed by atoms with Crippen LogP contribution in [-0.4, -0.2) is 17.7 Å². The number of alkyl halides is 3. The molecule has 4 nitrogen and oxygen atoms in total. The molecule has 2 atom stereocenters. The van der Waals surface area contributed by atoms with Crippen molar-refractivity contribution in [2.24, 2.45) is 0 Å². The van der Waals surface area contributed by atoms with E-state index in [2.05, 4.69) is 0 Å². The Labute approximate surface area is 153 Å². The molecule has 0 aromatic heterocycles. The highest BCUT2D eigenvalue weighted by atomic mass is 19.4. The van der Waals surface area contributed by atoms with Crippen molar-refractivity contribution in [3.63, 3.8) is 0 Å². The van der Waals surface area contributed by atoms with Gasteiger partial charge in [-0.25, -0.2) is 0 Å². The number of carboxylic acids is 1. The van der Waals surface area contributed by atoms with Crippen molar-refractivity contribution in [1.29, 1.82) is 0 Å². The molecule has 2 aromatic rings. The Morgan fingerprint density at radius 3 is 2.74 bits per heavy atom. The van der Waals surface area contributed by atoms with Crippen LogP contribution in [0.5, 0.6) is 11.5 Å². The second kappa shape index (κ2) is 6.48. The fourth-order valence-corrected chi connectivity index (χ4v) is 3.74. The molecule has 142 valence electrons. The van der Waals surface area contributed by atoms with Crippen molar-refractivity contribution in [1.82, 2.24) is 0 Å². The minimum Gasteiger partial charge on any atom is -0.492 e. The van der Waals surface area contributed by atoms with Gasteiger partial charge in [0.15, 0.2) is 0 Å². The summed E-state index contributed by atoms with van der Waals surface area (Å²) in [5.41, 5.74) is 1.57. The number of hydrogen-bond acceptors (Lipinski definition) is 3. The molecule has 0 saturated carbocycles. The van der Waals surface area contributed by atoms with Gasteiger partial charge in [-0.05, 0) is 42.2 Å². The topological polar surface area (TPSA) is 55.8 Å². The summed E-state index contributed by atoms with van der Waals surface area (Å²) in [7, 11) is 0. The fraction of sp³-hybridized carbons (Fsp3) is 0.350. The SMILES string of the molecule is O=C(O)C[C@@H]1COc2cc(O[C@H]3CCc4ccc(C(F)(F)F)cc43)ccc21. The highest BCUT2D eigenvalue weighted by molar-refractivity contribution is 5.68. The molecule has 0 amide bonds. The summed E-state index contributed by atoms with van der Waals surface area (Å²) < 4.78 is 50.5. The average Bonchev–Trinajstić information content (AvgIpc) is 3.18. The van der Waals surface area contributed by atoms with Gasteiger partial charge in [-0.1, -0.05) is 12.1 Å². The van der Waals surface area contributed by atoms with Crippen molar-refractivity contribution in [2.75, 3.05) is 6.61 Å². The van der Waals surface area contributed by atoms with E-state index in [0.717, 1.165) is 17.2 Å². The van der Waals surface area contributed by atoms with E-state index in [1.54, 1.807) is 18.2 Å². The molecule has 0 radical (unpaired) electrons. The van der Waals surface area contributed by atoms with Crippen LogP contribution >= 0.6 is 0 Å². The van der Waals surface area contributed by atoms with Crippen LogP contribution in [0.15, 0.2) is 36.4 Å². The van der Waals surface area contributed by atoms with Crippen molar-refractivity contribution >= 4 is 5.97 Å². The largest absolute Gasteiger partial charge is 0.492 e. The summed E-state index contributed by atoms with van der Waals surface area (Å²) >= 11 is 0. The monoisotopic (exact) mass is 378 g/mol. The van der Waals surface area contributed by atoms with Gasteiger partial charge in [0.2, 0.25) is 0 Å². The quantitative estimate of drug-likeness (QED) is 0.836. The number of halogens is 3. The van der Waals surface area contributed by atoms with E-state index in [4.69, 9.17) is 14.6 Å². The molecule has 0 fully saturated rings. The smallest absolute Gasteiger partial charge is 0.416 e. The molecule has 0 saturated heterocycles. The van der Waals surface area contributed by atoms with Crippen molar-refractivity contribution in [3.05, 3.63) is 58.7 Å². The standard InChI is InChI=1S/C20H17F3O4/c21-20(22,23)13-3-1-11-2-6-17(16(11)8-13)27-14-4-5-15-12(7-19(24)25)10-26-18(15)9-14/h1,3-5,8-9,12,17H,2,6-7,10H2,(H,24,25)/t12-,17+/m1/s1. The van der Waals surface area contributed by atoms with Gasteiger partial charge < -0.3 is 14.6 Å². The number of carbonyl (C=O) groups is 1. The van der Waals surface area contributed by atoms with E-state index in [1.165, 1.54) is 12.1 Å². The van der Waals surface area contributed by atoms with Crippen LogP contribution in [0.1, 0.15) is 47.1 Å². The van der Waals surface area contributed by atoms with Crippen LogP contribution in [0.4, 0.5) is 13.2 Å². The molecule has 1 aliphatic heterocycles. The number of carboxylic acid groups (broad SMARTS) is 1. The lowest BCUT2D eigenvalue weighted by molar-refractivity contribution is -0.138. The maximum absolute atomic E-state index is 13.0. The average molecular weight is 378 g/mol. The van der Waals surface area contributed by atoms with Gasteiger partial charge in [-0.2, -0.15) is 13.2 Å². The van der Waals surface area contributed by atoms with Gasteiger partial charge in [-0.3, -0.25) is 4.79 Å². The minimum atomic E-state index is -4.39. The molecule has 0 spiro atoms. The highest BCUT2D eigenvalue weighted by Crippen LogP contribution is 2.42. The molecule has 27 heavy (non-hydrogen) atoms. The van der Waals surface area contributed by atoms with E-state index < -0.39 is 23.8 Å². The summed E-state index contributed by atoms with van der Waals surface area (Å²) in [6, 6.07) is 8.96. The third kappa shape index (κ3) is 3.46. The van der Waals surface area contributed by atoms with Crippen LogP contribution in [0.25, 0.3) is 0 Å². The third-order valence-electron chi connectivity index (χ3n) is 5.06. The predicted molar refractivity (Wildman–Crippen MR) is 90.1 cm³/mol. The van der Waals surface area contributed by atoms with E-state index >= 15 is 0 Å². The van der Waals surface area contributed by atoms with E-state index in [1.807, 2.05) is 0 Å². The lowest BCUT2D eigenvalue weighted by Crippen LogP contribution is -2.08. The first-order chi connectivity index (χ1) is 12.8. The number of benzene rings is 2. The van der Waals surface area contributed by atoms with Gasteiger partial charge in [0.1, 0.15) is 17.6 Å². The molecule has 1 N–H and O–H groups in total. The Bertz CT molecular complexity index is 891. The van der Waals surface area contributed by atoms with E-state index in [9.17, 15) is 18.0 Å². The molecule has 2 aliphatic rings. The Morgan fingerprint density at radius 1 is 1.19 bits per heavy atom. The zero-order chi connectivity index (χ0) is 19.2. The second-order valence-corrected chi connectivity index (χ2v) is 6.86. The van der Waals surface area contributed by atoms with Gasteiger partial charge in [0.05, 0.1) is 18.6 Å². The summed E-state index contributed by atoms with van der Waals surface area (Å²) in [6.07, 6.45) is -3.57. The minimum absolute atomic E-state index is 0.0105. The lowest BCUT2D eigenvalue weighted by atomic mass is 9.98. The first-order valence-electron chi connectivity index (χ1n) is 8.66. The second-order valence-electron chi connectivity index (χ2n) is 6.86. The van der Waals surface area contributed by atoms with Gasteiger partial charge in [-0.15, -0.1) is 0 Å². The summed E-state index contributed by atoms with van der Waals surface area (Å²) in [6.45, 7) is 0.298. The zero-order valence-electron chi connectivity index (χ0n) is 14.3. The first kappa shape index (κ1) is 17.7. The summed E-state index contributed by atoms with van der Waals surface area (Å²) in [4.78, 5) is 10.9. The first-order valence-corrected chi connectivity index (χ1v) is 8.66. The predicted octanol–water partition coefficient (Wildman–Crippen LogP) is 4.72. The number of ether oxygens (including phenoxy) is 2. The van der Waals surface area contributed by atoms with Crippen LogP contribution in [0, 0.1) is 0 Å². The molecule has 0 unspecified atom stereocenters. The van der Waals surface area contributed by atoms with Crippen LogP contribution < -0.4 is 9.47 Å². The number of aryl methyl sites for hydroxylation is 1. The zero-order valence-corrected chi connectivity index (χ0v) is 14.3. The molecular formula is C20H17F3O4. The Morgan fingerprint density at radius 2 is 2.00 bits per heavy atom. The lowest BCUT2D eigenvalue weighted by Gasteiger charge is -2.17. The van der Waals surface area contributed by atoms with Crippen LogP contribution in [0.2, 0.25) is 0 Å².